The van der Waals surface area contributed by atoms with E-state index >= 15 is 0 Å². The molecule has 0 spiro atoms. The van der Waals surface area contributed by atoms with Gasteiger partial charge in [-0.15, -0.1) is 0 Å². The van der Waals surface area contributed by atoms with Crippen molar-refractivity contribution in [1.29, 1.82) is 0 Å². The van der Waals surface area contributed by atoms with Crippen molar-refractivity contribution in [2.45, 2.75) is 19.4 Å². The van der Waals surface area contributed by atoms with Gasteiger partial charge in [0.05, 0.1) is 11.0 Å². The van der Waals surface area contributed by atoms with Gasteiger partial charge in [-0.3, -0.25) is 0 Å². The average Bonchev–Trinajstić information content (AvgIpc) is 2.91. The fourth-order valence-corrected chi connectivity index (χ4v) is 2.64. The van der Waals surface area contributed by atoms with E-state index in [1.165, 1.54) is 5.56 Å². The number of aromatic nitrogens is 2. The molecule has 1 aromatic heterocycles. The Bertz CT molecular complexity index is 610. The van der Waals surface area contributed by atoms with E-state index in [1.54, 1.807) is 6.20 Å². The Morgan fingerprint density at radius 1 is 1.33 bits per heavy atom. The normalized spacial score (nSPS) is 16.2. The number of hydrogen-bond acceptors (Lipinski definition) is 5. The second kappa shape index (κ2) is 6.30. The maximum atomic E-state index is 5.91. The number of fused-ring (bicyclic) bond motifs is 1. The predicted molar refractivity (Wildman–Crippen MR) is 86.9 cm³/mol. The van der Waals surface area contributed by atoms with E-state index in [0.29, 0.717) is 12.5 Å². The lowest BCUT2D eigenvalue weighted by atomic mass is 10.1. The van der Waals surface area contributed by atoms with Crippen molar-refractivity contribution in [2.75, 3.05) is 23.7 Å². The largest absolute Gasteiger partial charge is 0.488 e. The Kier molecular flexibility index (Phi) is 4.24. The lowest BCUT2D eigenvalue weighted by Crippen LogP contribution is -2.24. The SMILES string of the molecule is CCNc1ncc(Br)c(NCC2Cc3ccccc3O2)n1. The van der Waals surface area contributed by atoms with Crippen molar-refractivity contribution in [3.8, 4) is 5.75 Å². The summed E-state index contributed by atoms with van der Waals surface area (Å²) in [6.07, 6.45) is 2.80. The van der Waals surface area contributed by atoms with E-state index in [1.807, 2.05) is 25.1 Å². The van der Waals surface area contributed by atoms with Crippen LogP contribution in [0.3, 0.4) is 0 Å². The van der Waals surface area contributed by atoms with Gasteiger partial charge in [-0.05, 0) is 34.5 Å². The minimum Gasteiger partial charge on any atom is -0.488 e. The summed E-state index contributed by atoms with van der Waals surface area (Å²) < 4.78 is 6.76. The third kappa shape index (κ3) is 3.26. The van der Waals surface area contributed by atoms with Crippen molar-refractivity contribution in [3.05, 3.63) is 40.5 Å². The van der Waals surface area contributed by atoms with Crippen LogP contribution in [0.5, 0.6) is 5.75 Å². The Morgan fingerprint density at radius 2 is 2.19 bits per heavy atom. The van der Waals surface area contributed by atoms with Gasteiger partial charge in [0.25, 0.3) is 0 Å². The highest BCUT2D eigenvalue weighted by Crippen LogP contribution is 2.28. The lowest BCUT2D eigenvalue weighted by Gasteiger charge is -2.14. The summed E-state index contributed by atoms with van der Waals surface area (Å²) in [4.78, 5) is 8.64. The van der Waals surface area contributed by atoms with Gasteiger partial charge in [0.2, 0.25) is 5.95 Å². The zero-order valence-electron chi connectivity index (χ0n) is 11.8. The first-order valence-corrected chi connectivity index (χ1v) is 7.80. The van der Waals surface area contributed by atoms with Gasteiger partial charge < -0.3 is 15.4 Å². The van der Waals surface area contributed by atoms with Crippen molar-refractivity contribution in [1.82, 2.24) is 9.97 Å². The molecule has 1 unspecified atom stereocenters. The monoisotopic (exact) mass is 348 g/mol. The molecular weight excluding hydrogens is 332 g/mol. The molecule has 2 aromatic rings. The molecule has 3 rings (SSSR count). The van der Waals surface area contributed by atoms with Crippen LogP contribution in [0.15, 0.2) is 34.9 Å². The number of nitrogens with zero attached hydrogens (tertiary/aromatic N) is 2. The molecule has 0 aliphatic carbocycles. The molecule has 2 heterocycles. The number of para-hydroxylation sites is 1. The van der Waals surface area contributed by atoms with Crippen LogP contribution < -0.4 is 15.4 Å². The summed E-state index contributed by atoms with van der Waals surface area (Å²) in [6, 6.07) is 8.17. The molecule has 6 heteroatoms. The first kappa shape index (κ1) is 14.1. The molecule has 2 N–H and O–H groups in total. The summed E-state index contributed by atoms with van der Waals surface area (Å²) in [5.74, 6) is 2.39. The molecule has 5 nitrogen and oxygen atoms in total. The van der Waals surface area contributed by atoms with Gasteiger partial charge in [0.1, 0.15) is 17.7 Å². The minimum atomic E-state index is 0.131. The molecule has 110 valence electrons. The fraction of sp³-hybridized carbons (Fsp3) is 0.333. The first-order chi connectivity index (χ1) is 10.3. The van der Waals surface area contributed by atoms with E-state index in [0.717, 1.165) is 29.0 Å². The molecule has 0 saturated heterocycles. The molecule has 0 amide bonds. The maximum Gasteiger partial charge on any atom is 0.224 e. The number of hydrogen-bond donors (Lipinski definition) is 2. The highest BCUT2D eigenvalue weighted by Gasteiger charge is 2.22. The molecule has 21 heavy (non-hydrogen) atoms. The van der Waals surface area contributed by atoms with Crippen LogP contribution in [0.1, 0.15) is 12.5 Å². The lowest BCUT2D eigenvalue weighted by molar-refractivity contribution is 0.246. The molecule has 1 atom stereocenters. The van der Waals surface area contributed by atoms with Crippen LogP contribution in [0.2, 0.25) is 0 Å². The minimum absolute atomic E-state index is 0.131. The van der Waals surface area contributed by atoms with E-state index in [-0.39, 0.29) is 6.10 Å². The van der Waals surface area contributed by atoms with Crippen molar-refractivity contribution >= 4 is 27.7 Å². The zero-order chi connectivity index (χ0) is 14.7. The molecule has 1 aromatic carbocycles. The Balaban J connectivity index is 1.62. The topological polar surface area (TPSA) is 59.1 Å². The van der Waals surface area contributed by atoms with Gasteiger partial charge in [-0.25, -0.2) is 4.98 Å². The maximum absolute atomic E-state index is 5.91. The summed E-state index contributed by atoms with van der Waals surface area (Å²) in [7, 11) is 0. The van der Waals surface area contributed by atoms with Gasteiger partial charge in [0.15, 0.2) is 0 Å². The summed E-state index contributed by atoms with van der Waals surface area (Å²) >= 11 is 3.46. The molecule has 0 bridgehead atoms. The van der Waals surface area contributed by atoms with Crippen molar-refractivity contribution < 1.29 is 4.74 Å². The molecule has 0 saturated carbocycles. The van der Waals surface area contributed by atoms with Gasteiger partial charge in [0, 0.05) is 19.2 Å². The third-order valence-electron chi connectivity index (χ3n) is 3.29. The van der Waals surface area contributed by atoms with E-state index in [4.69, 9.17) is 4.74 Å². The Hall–Kier alpha value is -1.82. The summed E-state index contributed by atoms with van der Waals surface area (Å²) in [6.45, 7) is 3.51. The van der Waals surface area contributed by atoms with Crippen LogP contribution in [0, 0.1) is 0 Å². The van der Waals surface area contributed by atoms with Crippen LogP contribution in [0.4, 0.5) is 11.8 Å². The Labute approximate surface area is 132 Å². The Morgan fingerprint density at radius 3 is 3.00 bits per heavy atom. The quantitative estimate of drug-likeness (QED) is 0.869. The number of nitrogens with one attached hydrogen (secondary N) is 2. The highest BCUT2D eigenvalue weighted by molar-refractivity contribution is 9.10. The van der Waals surface area contributed by atoms with Crippen LogP contribution >= 0.6 is 15.9 Å². The number of halogens is 1. The van der Waals surface area contributed by atoms with Gasteiger partial charge in [-0.2, -0.15) is 4.98 Å². The smallest absolute Gasteiger partial charge is 0.224 e. The number of anilines is 2. The van der Waals surface area contributed by atoms with Gasteiger partial charge in [-0.1, -0.05) is 18.2 Å². The summed E-state index contributed by atoms with van der Waals surface area (Å²) in [5, 5.41) is 6.43. The molecule has 0 radical (unpaired) electrons. The first-order valence-electron chi connectivity index (χ1n) is 7.01. The zero-order valence-corrected chi connectivity index (χ0v) is 13.4. The molecule has 1 aliphatic heterocycles. The number of benzene rings is 1. The van der Waals surface area contributed by atoms with E-state index in [9.17, 15) is 0 Å². The van der Waals surface area contributed by atoms with Crippen LogP contribution in [0.25, 0.3) is 0 Å². The standard InChI is InChI=1S/C15H17BrN4O/c1-2-17-15-19-9-12(16)14(20-15)18-8-11-7-10-5-3-4-6-13(10)21-11/h3-6,9,11H,2,7-8H2,1H3,(H2,17,18,19,20). The third-order valence-corrected chi connectivity index (χ3v) is 3.87. The fourth-order valence-electron chi connectivity index (χ4n) is 2.31. The number of ether oxygens (including phenoxy) is 1. The predicted octanol–water partition coefficient (Wildman–Crippen LogP) is 3.09. The number of rotatable bonds is 5. The van der Waals surface area contributed by atoms with Crippen molar-refractivity contribution in [2.24, 2.45) is 0 Å². The van der Waals surface area contributed by atoms with E-state index in [2.05, 4.69) is 42.6 Å². The molecule has 1 aliphatic rings. The average molecular weight is 349 g/mol. The van der Waals surface area contributed by atoms with Crippen LogP contribution in [-0.2, 0) is 6.42 Å². The summed E-state index contributed by atoms with van der Waals surface area (Å²) in [5.41, 5.74) is 1.26. The van der Waals surface area contributed by atoms with Gasteiger partial charge >= 0.3 is 0 Å². The molecular formula is C15H17BrN4O. The van der Waals surface area contributed by atoms with Crippen LogP contribution in [-0.4, -0.2) is 29.2 Å². The van der Waals surface area contributed by atoms with E-state index < -0.39 is 0 Å². The second-order valence-corrected chi connectivity index (χ2v) is 5.71. The molecule has 0 fully saturated rings. The highest BCUT2D eigenvalue weighted by atomic mass is 79.9. The second-order valence-electron chi connectivity index (χ2n) is 4.85. The van der Waals surface area contributed by atoms with Crippen molar-refractivity contribution in [3.63, 3.8) is 0 Å².